The minimum atomic E-state index is -0.648. The SMILES string of the molecule is CC([O])n1cccc1. The van der Waals surface area contributed by atoms with Crippen LogP contribution in [0.15, 0.2) is 24.5 Å². The predicted molar refractivity (Wildman–Crippen MR) is 29.8 cm³/mol. The van der Waals surface area contributed by atoms with Crippen LogP contribution >= 0.6 is 0 Å². The van der Waals surface area contributed by atoms with Crippen LogP contribution in [0.2, 0.25) is 0 Å². The smallest absolute Gasteiger partial charge is 0.165 e. The van der Waals surface area contributed by atoms with Crippen molar-refractivity contribution in [2.75, 3.05) is 0 Å². The second-order valence-electron chi connectivity index (χ2n) is 1.73. The third kappa shape index (κ3) is 0.898. The summed E-state index contributed by atoms with van der Waals surface area (Å²) in [6, 6.07) is 3.68. The molecular formula is C6H8NO. The van der Waals surface area contributed by atoms with Crippen LogP contribution < -0.4 is 0 Å². The van der Waals surface area contributed by atoms with Crippen molar-refractivity contribution in [2.45, 2.75) is 13.2 Å². The molecule has 1 unspecified atom stereocenters. The zero-order valence-electron chi connectivity index (χ0n) is 4.74. The maximum atomic E-state index is 10.6. The summed E-state index contributed by atoms with van der Waals surface area (Å²) in [5.41, 5.74) is 0. The minimum Gasteiger partial charge on any atom is -0.326 e. The lowest BCUT2D eigenvalue weighted by atomic mass is 10.6. The van der Waals surface area contributed by atoms with Crippen LogP contribution in [0.25, 0.3) is 0 Å². The maximum Gasteiger partial charge on any atom is 0.165 e. The monoisotopic (exact) mass is 110 g/mol. The highest BCUT2D eigenvalue weighted by Gasteiger charge is 1.94. The number of aromatic nitrogens is 1. The maximum absolute atomic E-state index is 10.6. The Morgan fingerprint density at radius 2 is 1.88 bits per heavy atom. The highest BCUT2D eigenvalue weighted by molar-refractivity contribution is 4.90. The van der Waals surface area contributed by atoms with Crippen LogP contribution in [-0.2, 0) is 5.11 Å². The molecule has 1 aromatic rings. The van der Waals surface area contributed by atoms with Crippen molar-refractivity contribution in [3.63, 3.8) is 0 Å². The first-order valence-corrected chi connectivity index (χ1v) is 2.59. The van der Waals surface area contributed by atoms with Crippen LogP contribution in [0.5, 0.6) is 0 Å². The molecule has 43 valence electrons. The van der Waals surface area contributed by atoms with E-state index >= 15 is 0 Å². The van der Waals surface area contributed by atoms with Crippen molar-refractivity contribution >= 4 is 0 Å². The molecule has 0 saturated carbocycles. The van der Waals surface area contributed by atoms with E-state index in [4.69, 9.17) is 0 Å². The number of rotatable bonds is 1. The fourth-order valence-corrected chi connectivity index (χ4v) is 0.590. The van der Waals surface area contributed by atoms with Gasteiger partial charge < -0.3 is 4.57 Å². The zero-order chi connectivity index (χ0) is 5.98. The van der Waals surface area contributed by atoms with E-state index in [1.165, 1.54) is 0 Å². The van der Waals surface area contributed by atoms with Gasteiger partial charge in [0.05, 0.1) is 0 Å². The summed E-state index contributed by atoms with van der Waals surface area (Å²) in [5.74, 6) is 0. The first-order valence-electron chi connectivity index (χ1n) is 2.59. The molecule has 2 heteroatoms. The molecule has 8 heavy (non-hydrogen) atoms. The normalized spacial score (nSPS) is 13.8. The van der Waals surface area contributed by atoms with E-state index in [1.54, 1.807) is 23.9 Å². The van der Waals surface area contributed by atoms with Crippen LogP contribution in [-0.4, -0.2) is 4.57 Å². The van der Waals surface area contributed by atoms with Crippen molar-refractivity contribution in [3.8, 4) is 0 Å². The summed E-state index contributed by atoms with van der Waals surface area (Å²) in [4.78, 5) is 0. The molecule has 1 rings (SSSR count). The predicted octanol–water partition coefficient (Wildman–Crippen LogP) is 1.44. The van der Waals surface area contributed by atoms with E-state index < -0.39 is 6.23 Å². The van der Waals surface area contributed by atoms with Crippen molar-refractivity contribution in [2.24, 2.45) is 0 Å². The zero-order valence-corrected chi connectivity index (χ0v) is 4.74. The summed E-state index contributed by atoms with van der Waals surface area (Å²) in [6.07, 6.45) is 2.87. The third-order valence-corrected chi connectivity index (χ3v) is 1.05. The second kappa shape index (κ2) is 2.01. The van der Waals surface area contributed by atoms with Gasteiger partial charge in [0, 0.05) is 12.4 Å². The van der Waals surface area contributed by atoms with Crippen molar-refractivity contribution in [1.82, 2.24) is 4.57 Å². The number of hydrogen-bond acceptors (Lipinski definition) is 0. The molecule has 0 aliphatic rings. The molecule has 1 atom stereocenters. The number of nitrogens with zero attached hydrogens (tertiary/aromatic N) is 1. The topological polar surface area (TPSA) is 24.8 Å². The Morgan fingerprint density at radius 1 is 1.38 bits per heavy atom. The average molecular weight is 110 g/mol. The summed E-state index contributed by atoms with van der Waals surface area (Å²) >= 11 is 0. The Morgan fingerprint density at radius 3 is 2.12 bits per heavy atom. The standard InChI is InChI=1S/C6H8NO/c1-6(8)7-4-2-3-5-7/h2-6H,1H3. The molecule has 0 saturated heterocycles. The van der Waals surface area contributed by atoms with E-state index in [1.807, 2.05) is 12.1 Å². The number of hydrogen-bond donors (Lipinski definition) is 0. The summed E-state index contributed by atoms with van der Waals surface area (Å²) in [6.45, 7) is 1.61. The van der Waals surface area contributed by atoms with Crippen LogP contribution in [0.3, 0.4) is 0 Å². The van der Waals surface area contributed by atoms with Gasteiger partial charge in [-0.05, 0) is 19.1 Å². The summed E-state index contributed by atoms with van der Waals surface area (Å²) < 4.78 is 1.61. The van der Waals surface area contributed by atoms with Crippen LogP contribution in [0, 0.1) is 0 Å². The van der Waals surface area contributed by atoms with Gasteiger partial charge in [-0.3, -0.25) is 0 Å². The van der Waals surface area contributed by atoms with Gasteiger partial charge >= 0.3 is 0 Å². The molecule has 0 bridgehead atoms. The average Bonchev–Trinajstić information content (AvgIpc) is 2.12. The molecule has 0 aliphatic carbocycles. The molecule has 1 aromatic heterocycles. The second-order valence-corrected chi connectivity index (χ2v) is 1.73. The van der Waals surface area contributed by atoms with Gasteiger partial charge in [-0.1, -0.05) is 0 Å². The highest BCUT2D eigenvalue weighted by atomic mass is 16.3. The lowest BCUT2D eigenvalue weighted by Crippen LogP contribution is -1.96. The van der Waals surface area contributed by atoms with Crippen molar-refractivity contribution in [3.05, 3.63) is 24.5 Å². The molecule has 0 amide bonds. The van der Waals surface area contributed by atoms with Gasteiger partial charge in [-0.25, -0.2) is 5.11 Å². The van der Waals surface area contributed by atoms with Gasteiger partial charge in [0.1, 0.15) is 0 Å². The van der Waals surface area contributed by atoms with Gasteiger partial charge in [0.15, 0.2) is 6.23 Å². The molecular weight excluding hydrogens is 102 g/mol. The van der Waals surface area contributed by atoms with Crippen molar-refractivity contribution < 1.29 is 5.11 Å². The largest absolute Gasteiger partial charge is 0.326 e. The fraction of sp³-hybridized carbons (Fsp3) is 0.333. The van der Waals surface area contributed by atoms with Crippen LogP contribution in [0.4, 0.5) is 0 Å². The Bertz CT molecular complexity index is 144. The molecule has 0 N–H and O–H groups in total. The molecule has 1 radical (unpaired) electrons. The highest BCUT2D eigenvalue weighted by Crippen LogP contribution is 1.99. The lowest BCUT2D eigenvalue weighted by Gasteiger charge is -1.99. The van der Waals surface area contributed by atoms with Crippen molar-refractivity contribution in [1.29, 1.82) is 0 Å². The van der Waals surface area contributed by atoms with Gasteiger partial charge in [0.25, 0.3) is 0 Å². The fourth-order valence-electron chi connectivity index (χ4n) is 0.590. The van der Waals surface area contributed by atoms with E-state index in [2.05, 4.69) is 0 Å². The molecule has 0 fully saturated rings. The molecule has 0 aliphatic heterocycles. The first kappa shape index (κ1) is 5.38. The third-order valence-electron chi connectivity index (χ3n) is 1.05. The van der Waals surface area contributed by atoms with Gasteiger partial charge in [0.2, 0.25) is 0 Å². The lowest BCUT2D eigenvalue weighted by molar-refractivity contribution is 0.0443. The van der Waals surface area contributed by atoms with Gasteiger partial charge in [-0.2, -0.15) is 0 Å². The molecule has 2 nitrogen and oxygen atoms in total. The Balaban J connectivity index is 2.77. The molecule has 0 aromatic carbocycles. The van der Waals surface area contributed by atoms with Crippen LogP contribution in [0.1, 0.15) is 13.2 Å². The van der Waals surface area contributed by atoms with Gasteiger partial charge in [-0.15, -0.1) is 0 Å². The molecule has 0 spiro atoms. The quantitative estimate of drug-likeness (QED) is 0.522. The Kier molecular flexibility index (Phi) is 1.35. The Hall–Kier alpha value is -0.760. The van der Waals surface area contributed by atoms with E-state index in [-0.39, 0.29) is 0 Å². The van der Waals surface area contributed by atoms with E-state index in [9.17, 15) is 5.11 Å². The minimum absolute atomic E-state index is 0.648. The summed E-state index contributed by atoms with van der Waals surface area (Å²) in [5, 5.41) is 10.6. The first-order chi connectivity index (χ1) is 3.80. The van der Waals surface area contributed by atoms with E-state index in [0.29, 0.717) is 0 Å². The summed E-state index contributed by atoms with van der Waals surface area (Å²) in [7, 11) is 0. The molecule has 1 heterocycles. The Labute approximate surface area is 48.4 Å². The van der Waals surface area contributed by atoms with E-state index in [0.717, 1.165) is 0 Å².